The van der Waals surface area contributed by atoms with Crippen molar-refractivity contribution in [2.24, 2.45) is 0 Å². The normalized spacial score (nSPS) is 11.4. The van der Waals surface area contributed by atoms with E-state index in [1.54, 1.807) is 6.20 Å². The van der Waals surface area contributed by atoms with Crippen LogP contribution in [0, 0.1) is 30.6 Å². The zero-order valence-corrected chi connectivity index (χ0v) is 21.2. The number of H-pyrrole nitrogens is 3. The third-order valence-corrected chi connectivity index (χ3v) is 4.48. The van der Waals surface area contributed by atoms with Gasteiger partial charge in [-0.3, -0.25) is 0 Å². The Labute approximate surface area is 193 Å². The van der Waals surface area contributed by atoms with E-state index in [4.69, 9.17) is 11.7 Å². The maximum Gasteiger partial charge on any atom is 0.137 e. The minimum atomic E-state index is -0.00486. The minimum absolute atomic E-state index is 0.00486. The Kier molecular flexibility index (Phi) is 8.68. The molecule has 0 aliphatic carbocycles. The molecule has 3 aromatic rings. The molecule has 0 saturated carbocycles. The molecule has 0 aliphatic heterocycles. The number of hydrogen-bond acceptors (Lipinski definition) is 3. The van der Waals surface area contributed by atoms with Gasteiger partial charge in [0, 0.05) is 45.6 Å². The molecule has 3 rings (SSSR count). The number of aromatic nitrogens is 5. The second-order valence-corrected chi connectivity index (χ2v) is 10.9. The van der Waals surface area contributed by atoms with Crippen molar-refractivity contribution < 1.29 is 0 Å². The Morgan fingerprint density at radius 2 is 1.38 bits per heavy atom. The monoisotopic (exact) mass is 434 g/mol. The van der Waals surface area contributed by atoms with Crippen LogP contribution < -0.4 is 0 Å². The summed E-state index contributed by atoms with van der Waals surface area (Å²) in [7, 11) is 0. The number of aromatic amines is 3. The van der Waals surface area contributed by atoms with Crippen LogP contribution in [-0.2, 0) is 16.2 Å². The van der Waals surface area contributed by atoms with Crippen LogP contribution >= 0.6 is 0 Å². The molecule has 0 amide bonds. The van der Waals surface area contributed by atoms with E-state index in [0.717, 1.165) is 22.9 Å². The van der Waals surface area contributed by atoms with Gasteiger partial charge in [0.2, 0.25) is 0 Å². The van der Waals surface area contributed by atoms with E-state index >= 15 is 0 Å². The quantitative estimate of drug-likeness (QED) is 0.385. The number of imidazole rings is 2. The second-order valence-electron chi connectivity index (χ2n) is 10.9. The molecular weight excluding hydrogens is 396 g/mol. The Bertz CT molecular complexity index is 997. The SMILES string of the molecule is C#Cc1c[nH]c(C(C)(C)C)c1.CC(C)(C)c1ncc(C#N)[nH]1.Cc1cnc(C(C)(C)C)[nH]1. The van der Waals surface area contributed by atoms with E-state index in [1.165, 1.54) is 5.69 Å². The van der Waals surface area contributed by atoms with Crippen molar-refractivity contribution >= 4 is 0 Å². The molecule has 6 nitrogen and oxygen atoms in total. The van der Waals surface area contributed by atoms with Gasteiger partial charge >= 0.3 is 0 Å². The van der Waals surface area contributed by atoms with Crippen LogP contribution in [0.15, 0.2) is 24.7 Å². The summed E-state index contributed by atoms with van der Waals surface area (Å²) in [6.45, 7) is 21.1. The highest BCUT2D eigenvalue weighted by Gasteiger charge is 2.17. The van der Waals surface area contributed by atoms with Gasteiger partial charge in [0.05, 0.1) is 6.20 Å². The Balaban J connectivity index is 0.000000240. The molecular formula is C26H38N6. The number of nitriles is 1. The fourth-order valence-corrected chi connectivity index (χ4v) is 2.46. The zero-order chi connectivity index (χ0) is 24.7. The zero-order valence-electron chi connectivity index (χ0n) is 21.2. The Morgan fingerprint density at radius 3 is 1.62 bits per heavy atom. The fourth-order valence-electron chi connectivity index (χ4n) is 2.46. The average Bonchev–Trinajstić information content (AvgIpc) is 3.40. The lowest BCUT2D eigenvalue weighted by atomic mass is 9.92. The van der Waals surface area contributed by atoms with E-state index in [-0.39, 0.29) is 16.2 Å². The molecule has 3 N–H and O–H groups in total. The lowest BCUT2D eigenvalue weighted by Crippen LogP contribution is -2.13. The van der Waals surface area contributed by atoms with E-state index in [2.05, 4.69) is 72.4 Å². The molecule has 0 atom stereocenters. The molecule has 0 fully saturated rings. The predicted octanol–water partition coefficient (Wildman–Crippen LogP) is 5.89. The third-order valence-electron chi connectivity index (χ3n) is 4.48. The molecule has 0 saturated heterocycles. The molecule has 0 spiro atoms. The van der Waals surface area contributed by atoms with Gasteiger partial charge in [-0.15, -0.1) is 6.42 Å². The summed E-state index contributed by atoms with van der Waals surface area (Å²) in [5, 5.41) is 8.50. The molecule has 172 valence electrons. The summed E-state index contributed by atoms with van der Waals surface area (Å²) in [4.78, 5) is 17.6. The van der Waals surface area contributed by atoms with Gasteiger partial charge in [0.25, 0.3) is 0 Å². The molecule has 0 bridgehead atoms. The molecule has 0 radical (unpaired) electrons. The molecule has 0 aliphatic rings. The van der Waals surface area contributed by atoms with Gasteiger partial charge < -0.3 is 15.0 Å². The van der Waals surface area contributed by atoms with Crippen molar-refractivity contribution in [2.75, 3.05) is 0 Å². The fraction of sp³-hybridized carbons (Fsp3) is 0.500. The van der Waals surface area contributed by atoms with Crippen LogP contribution in [0.2, 0.25) is 0 Å². The number of nitrogens with one attached hydrogen (secondary N) is 3. The van der Waals surface area contributed by atoms with E-state index in [9.17, 15) is 0 Å². The summed E-state index contributed by atoms with van der Waals surface area (Å²) in [5.74, 6) is 4.50. The van der Waals surface area contributed by atoms with E-state index in [1.807, 2.05) is 52.2 Å². The van der Waals surface area contributed by atoms with Crippen LogP contribution in [0.25, 0.3) is 0 Å². The lowest BCUT2D eigenvalue weighted by Gasteiger charge is -2.15. The van der Waals surface area contributed by atoms with Gasteiger partial charge in [-0.25, -0.2) is 9.97 Å². The largest absolute Gasteiger partial charge is 0.363 e. The highest BCUT2D eigenvalue weighted by atomic mass is 14.9. The third kappa shape index (κ3) is 8.47. The molecule has 32 heavy (non-hydrogen) atoms. The first kappa shape index (κ1) is 26.8. The van der Waals surface area contributed by atoms with Gasteiger partial charge in [-0.2, -0.15) is 5.26 Å². The first-order valence-electron chi connectivity index (χ1n) is 10.7. The van der Waals surface area contributed by atoms with E-state index in [0.29, 0.717) is 5.69 Å². The maximum atomic E-state index is 8.50. The smallest absolute Gasteiger partial charge is 0.137 e. The number of terminal acetylenes is 1. The molecule has 6 heteroatoms. The maximum absolute atomic E-state index is 8.50. The van der Waals surface area contributed by atoms with Gasteiger partial charge in [0.1, 0.15) is 23.4 Å². The molecule has 3 heterocycles. The standard InChI is InChI=1S/C10H13N.C8H11N3.C8H14N2/c1-5-8-6-9(11-7-8)10(2,3)4;1-8(2,3)7-10-5-6(4-9)11-7;1-6-5-9-7(10-6)8(2,3)4/h1,6-7,11H,2-4H3;5H,1-3H3,(H,10,11);5H,1-4H3,(H,9,10). The van der Waals surface area contributed by atoms with Gasteiger partial charge in [-0.1, -0.05) is 68.2 Å². The highest BCUT2D eigenvalue weighted by Crippen LogP contribution is 2.21. The summed E-state index contributed by atoms with van der Waals surface area (Å²) >= 11 is 0. The van der Waals surface area contributed by atoms with E-state index < -0.39 is 0 Å². The molecule has 0 aromatic carbocycles. The van der Waals surface area contributed by atoms with Gasteiger partial charge in [0.15, 0.2) is 0 Å². The molecule has 0 unspecified atom stereocenters. The van der Waals surface area contributed by atoms with Crippen LogP contribution in [0.1, 0.15) is 96.6 Å². The van der Waals surface area contributed by atoms with Crippen LogP contribution in [-0.4, -0.2) is 24.9 Å². The summed E-state index contributed by atoms with van der Waals surface area (Å²) in [6.07, 6.45) is 10.5. The topological polar surface area (TPSA) is 96.9 Å². The van der Waals surface area contributed by atoms with Gasteiger partial charge in [-0.05, 0) is 13.0 Å². The van der Waals surface area contributed by atoms with Crippen molar-refractivity contribution in [2.45, 2.75) is 85.5 Å². The van der Waals surface area contributed by atoms with Crippen LogP contribution in [0.4, 0.5) is 0 Å². The van der Waals surface area contributed by atoms with Crippen molar-refractivity contribution in [1.82, 2.24) is 24.9 Å². The number of rotatable bonds is 0. The Morgan fingerprint density at radius 1 is 0.844 bits per heavy atom. The predicted molar refractivity (Wildman–Crippen MR) is 131 cm³/mol. The minimum Gasteiger partial charge on any atom is -0.363 e. The summed E-state index contributed by atoms with van der Waals surface area (Å²) in [5.41, 5.74) is 4.07. The van der Waals surface area contributed by atoms with Crippen LogP contribution in [0.5, 0.6) is 0 Å². The second kappa shape index (κ2) is 10.4. The summed E-state index contributed by atoms with van der Waals surface area (Å²) < 4.78 is 0. The number of hydrogen-bond donors (Lipinski definition) is 3. The number of nitrogens with zero attached hydrogens (tertiary/aromatic N) is 3. The lowest BCUT2D eigenvalue weighted by molar-refractivity contribution is 0.551. The first-order chi connectivity index (χ1) is 14.6. The highest BCUT2D eigenvalue weighted by molar-refractivity contribution is 5.34. The van der Waals surface area contributed by atoms with Crippen molar-refractivity contribution in [3.63, 3.8) is 0 Å². The Hall–Kier alpha value is -3.25. The summed E-state index contributed by atoms with van der Waals surface area (Å²) in [6, 6.07) is 4.02. The number of aryl methyl sites for hydroxylation is 1. The average molecular weight is 435 g/mol. The van der Waals surface area contributed by atoms with Crippen LogP contribution in [0.3, 0.4) is 0 Å². The molecule has 3 aromatic heterocycles. The van der Waals surface area contributed by atoms with Crippen molar-refractivity contribution in [1.29, 1.82) is 5.26 Å². The first-order valence-corrected chi connectivity index (χ1v) is 10.7. The van der Waals surface area contributed by atoms with Crippen molar-refractivity contribution in [3.8, 4) is 18.4 Å². The van der Waals surface area contributed by atoms with Crippen molar-refractivity contribution in [3.05, 3.63) is 59.0 Å².